The number of fused-ring (bicyclic) bond motifs is 1. The minimum atomic E-state index is 0.790. The lowest BCUT2D eigenvalue weighted by molar-refractivity contribution is 0.921. The smallest absolute Gasteiger partial charge is 0.153 e. The van der Waals surface area contributed by atoms with E-state index in [2.05, 4.69) is 26.6 Å². The summed E-state index contributed by atoms with van der Waals surface area (Å²) in [6.07, 6.45) is 6.80. The van der Waals surface area contributed by atoms with E-state index < -0.39 is 0 Å². The standard InChI is InChI=1S/C13H11N5/c1-9(11-7-14-8-16-10(11)2)12-3-4-13-15-5-6-18(13)17-12/h3-8H,1H2,2H3. The highest BCUT2D eigenvalue weighted by Gasteiger charge is 2.08. The van der Waals surface area contributed by atoms with Crippen LogP contribution in [0.4, 0.5) is 0 Å². The van der Waals surface area contributed by atoms with Gasteiger partial charge in [-0.3, -0.25) is 0 Å². The molecule has 0 aromatic carbocycles. The van der Waals surface area contributed by atoms with Gasteiger partial charge in [-0.15, -0.1) is 0 Å². The summed E-state index contributed by atoms with van der Waals surface area (Å²) in [5, 5.41) is 4.45. The zero-order valence-corrected chi connectivity index (χ0v) is 9.91. The highest BCUT2D eigenvalue weighted by Crippen LogP contribution is 2.20. The Balaban J connectivity index is 2.09. The van der Waals surface area contributed by atoms with Crippen LogP contribution in [0.2, 0.25) is 0 Å². The van der Waals surface area contributed by atoms with Crippen LogP contribution in [0.5, 0.6) is 0 Å². The molecule has 0 fully saturated rings. The number of rotatable bonds is 2. The van der Waals surface area contributed by atoms with E-state index in [0.717, 1.165) is 28.2 Å². The van der Waals surface area contributed by atoms with Crippen LogP contribution in [0.25, 0.3) is 11.2 Å². The molecular formula is C13H11N5. The van der Waals surface area contributed by atoms with Crippen LogP contribution in [0.1, 0.15) is 17.0 Å². The van der Waals surface area contributed by atoms with Gasteiger partial charge in [0.2, 0.25) is 0 Å². The number of imidazole rings is 1. The van der Waals surface area contributed by atoms with Gasteiger partial charge in [-0.25, -0.2) is 19.5 Å². The van der Waals surface area contributed by atoms with E-state index in [1.807, 2.05) is 19.1 Å². The van der Waals surface area contributed by atoms with Crippen LogP contribution in [0.3, 0.4) is 0 Å². The summed E-state index contributed by atoms with van der Waals surface area (Å²) in [4.78, 5) is 12.3. The Morgan fingerprint density at radius 1 is 1.28 bits per heavy atom. The van der Waals surface area contributed by atoms with Crippen LogP contribution in [0.15, 0.2) is 43.6 Å². The average Bonchev–Trinajstić information content (AvgIpc) is 2.85. The first-order valence-electron chi connectivity index (χ1n) is 5.52. The summed E-state index contributed by atoms with van der Waals surface area (Å²) in [7, 11) is 0. The van der Waals surface area contributed by atoms with Gasteiger partial charge in [-0.1, -0.05) is 6.58 Å². The number of hydrogen-bond acceptors (Lipinski definition) is 4. The predicted octanol–water partition coefficient (Wildman–Crippen LogP) is 1.89. The van der Waals surface area contributed by atoms with Crippen molar-refractivity contribution in [3.05, 3.63) is 60.6 Å². The van der Waals surface area contributed by atoms with Gasteiger partial charge in [0.05, 0.1) is 5.69 Å². The van der Waals surface area contributed by atoms with Crippen LogP contribution in [-0.2, 0) is 0 Å². The van der Waals surface area contributed by atoms with Crippen LogP contribution >= 0.6 is 0 Å². The molecule has 0 aliphatic carbocycles. The van der Waals surface area contributed by atoms with E-state index >= 15 is 0 Å². The molecule has 0 saturated carbocycles. The largest absolute Gasteiger partial charge is 0.244 e. The fourth-order valence-electron chi connectivity index (χ4n) is 1.80. The van der Waals surface area contributed by atoms with Crippen molar-refractivity contribution in [1.82, 2.24) is 24.6 Å². The van der Waals surface area contributed by atoms with Gasteiger partial charge in [-0.2, -0.15) is 5.10 Å². The number of aryl methyl sites for hydroxylation is 1. The normalized spacial score (nSPS) is 10.7. The van der Waals surface area contributed by atoms with E-state index in [4.69, 9.17) is 0 Å². The third-order valence-corrected chi connectivity index (χ3v) is 2.80. The molecule has 3 aromatic rings. The van der Waals surface area contributed by atoms with Crippen molar-refractivity contribution in [1.29, 1.82) is 0 Å². The summed E-state index contributed by atoms with van der Waals surface area (Å²) < 4.78 is 1.72. The summed E-state index contributed by atoms with van der Waals surface area (Å²) >= 11 is 0. The Kier molecular flexibility index (Phi) is 2.37. The third kappa shape index (κ3) is 1.66. The fourth-order valence-corrected chi connectivity index (χ4v) is 1.80. The first-order valence-corrected chi connectivity index (χ1v) is 5.52. The average molecular weight is 237 g/mol. The van der Waals surface area contributed by atoms with Crippen molar-refractivity contribution in [2.45, 2.75) is 6.92 Å². The molecule has 3 heterocycles. The lowest BCUT2D eigenvalue weighted by Crippen LogP contribution is -1.99. The molecule has 88 valence electrons. The maximum atomic E-state index is 4.45. The van der Waals surface area contributed by atoms with Crippen molar-refractivity contribution >= 4 is 11.2 Å². The molecule has 5 heteroatoms. The molecule has 0 atom stereocenters. The van der Waals surface area contributed by atoms with E-state index in [0.29, 0.717) is 0 Å². The number of nitrogens with zero attached hydrogens (tertiary/aromatic N) is 5. The van der Waals surface area contributed by atoms with Gasteiger partial charge in [0.1, 0.15) is 6.33 Å². The van der Waals surface area contributed by atoms with Gasteiger partial charge in [-0.05, 0) is 19.1 Å². The predicted molar refractivity (Wildman–Crippen MR) is 67.9 cm³/mol. The fraction of sp³-hybridized carbons (Fsp3) is 0.0769. The second kappa shape index (κ2) is 4.03. The molecule has 18 heavy (non-hydrogen) atoms. The van der Waals surface area contributed by atoms with Crippen molar-refractivity contribution in [3.63, 3.8) is 0 Å². The van der Waals surface area contributed by atoms with Crippen LogP contribution < -0.4 is 0 Å². The molecule has 0 bridgehead atoms. The molecule has 3 rings (SSSR count). The second-order valence-corrected chi connectivity index (χ2v) is 3.95. The number of aromatic nitrogens is 5. The van der Waals surface area contributed by atoms with Gasteiger partial charge >= 0.3 is 0 Å². The zero-order valence-electron chi connectivity index (χ0n) is 9.91. The third-order valence-electron chi connectivity index (χ3n) is 2.80. The van der Waals surface area contributed by atoms with Gasteiger partial charge in [0.25, 0.3) is 0 Å². The van der Waals surface area contributed by atoms with E-state index in [1.54, 1.807) is 23.1 Å². The quantitative estimate of drug-likeness (QED) is 0.683. The SMILES string of the molecule is C=C(c1ccc2nccn2n1)c1cncnc1C. The molecule has 0 spiro atoms. The minimum absolute atomic E-state index is 0.790. The lowest BCUT2D eigenvalue weighted by Gasteiger charge is -2.07. The number of hydrogen-bond donors (Lipinski definition) is 0. The Morgan fingerprint density at radius 2 is 2.17 bits per heavy atom. The first kappa shape index (κ1) is 10.6. The van der Waals surface area contributed by atoms with Gasteiger partial charge < -0.3 is 0 Å². The molecular weight excluding hydrogens is 226 g/mol. The monoisotopic (exact) mass is 237 g/mol. The van der Waals surface area contributed by atoms with E-state index in [9.17, 15) is 0 Å². The Morgan fingerprint density at radius 3 is 3.00 bits per heavy atom. The summed E-state index contributed by atoms with van der Waals surface area (Å²) in [6.45, 7) is 6.00. The van der Waals surface area contributed by atoms with E-state index in [-0.39, 0.29) is 0 Å². The lowest BCUT2D eigenvalue weighted by atomic mass is 10.1. The van der Waals surface area contributed by atoms with Crippen molar-refractivity contribution < 1.29 is 0 Å². The Bertz CT molecular complexity index is 729. The summed E-state index contributed by atoms with van der Waals surface area (Å²) in [5.41, 5.74) is 4.21. The minimum Gasteiger partial charge on any atom is -0.244 e. The molecule has 0 aliphatic rings. The van der Waals surface area contributed by atoms with Crippen molar-refractivity contribution in [2.24, 2.45) is 0 Å². The Labute approximate surface area is 104 Å². The molecule has 0 saturated heterocycles. The molecule has 0 amide bonds. The summed E-state index contributed by atoms with van der Waals surface area (Å²) in [6, 6.07) is 3.81. The molecule has 5 nitrogen and oxygen atoms in total. The maximum Gasteiger partial charge on any atom is 0.153 e. The molecule has 0 aliphatic heterocycles. The zero-order chi connectivity index (χ0) is 12.5. The van der Waals surface area contributed by atoms with Crippen LogP contribution in [0, 0.1) is 6.92 Å². The molecule has 0 radical (unpaired) electrons. The molecule has 0 N–H and O–H groups in total. The second-order valence-electron chi connectivity index (χ2n) is 3.95. The highest BCUT2D eigenvalue weighted by atomic mass is 15.2. The first-order chi connectivity index (χ1) is 8.75. The summed E-state index contributed by atoms with van der Waals surface area (Å²) in [5.74, 6) is 0. The van der Waals surface area contributed by atoms with Crippen molar-refractivity contribution in [2.75, 3.05) is 0 Å². The highest BCUT2D eigenvalue weighted by molar-refractivity contribution is 5.76. The topological polar surface area (TPSA) is 56.0 Å². The maximum absolute atomic E-state index is 4.45. The van der Waals surface area contributed by atoms with Gasteiger partial charge in [0.15, 0.2) is 5.65 Å². The van der Waals surface area contributed by atoms with Gasteiger partial charge in [0, 0.05) is 35.4 Å². The molecule has 0 unspecified atom stereocenters. The molecule has 3 aromatic heterocycles. The van der Waals surface area contributed by atoms with E-state index in [1.165, 1.54) is 6.33 Å². The Hall–Kier alpha value is -2.56. The van der Waals surface area contributed by atoms with Crippen LogP contribution in [-0.4, -0.2) is 24.6 Å². The van der Waals surface area contributed by atoms with Crippen molar-refractivity contribution in [3.8, 4) is 0 Å².